The molecule has 0 aliphatic heterocycles. The second-order valence-electron chi connectivity index (χ2n) is 7.76. The van der Waals surface area contributed by atoms with Crippen LogP contribution in [0, 0.1) is 27.7 Å². The molecular formula is C25H25N3O2S2. The Morgan fingerprint density at radius 2 is 1.81 bits per heavy atom. The quantitative estimate of drug-likeness (QED) is 0.241. The molecule has 7 heteroatoms. The number of benzene rings is 2. The number of aryl methyl sites for hydroxylation is 4. The van der Waals surface area contributed by atoms with E-state index in [1.807, 2.05) is 61.1 Å². The summed E-state index contributed by atoms with van der Waals surface area (Å²) in [5.74, 6) is 1.83. The number of Topliss-reactive ketones (excluding diaryl/α,β-unsaturated/α-hetero) is 1. The number of aromatic nitrogens is 3. The van der Waals surface area contributed by atoms with E-state index in [9.17, 15) is 4.79 Å². The molecule has 0 amide bonds. The molecule has 4 rings (SSSR count). The highest BCUT2D eigenvalue weighted by Crippen LogP contribution is 2.35. The van der Waals surface area contributed by atoms with E-state index in [1.54, 1.807) is 18.4 Å². The maximum absolute atomic E-state index is 13.1. The molecule has 5 nitrogen and oxygen atoms in total. The van der Waals surface area contributed by atoms with E-state index in [0.717, 1.165) is 44.4 Å². The maximum atomic E-state index is 13.1. The summed E-state index contributed by atoms with van der Waals surface area (Å²) in [6.07, 6.45) is 0. The molecule has 0 radical (unpaired) electrons. The van der Waals surface area contributed by atoms with E-state index in [1.165, 1.54) is 17.3 Å². The Labute approximate surface area is 196 Å². The van der Waals surface area contributed by atoms with Crippen LogP contribution in [0.25, 0.3) is 16.4 Å². The fourth-order valence-corrected chi connectivity index (χ4v) is 5.12. The minimum absolute atomic E-state index is 0.0824. The molecule has 0 saturated heterocycles. The third kappa shape index (κ3) is 4.36. The molecule has 4 aromatic rings. The molecule has 0 aliphatic rings. The molecule has 2 aromatic carbocycles. The number of nitrogens with zero attached hydrogens (tertiary/aromatic N) is 3. The molecule has 164 valence electrons. The van der Waals surface area contributed by atoms with Crippen LogP contribution >= 0.6 is 23.1 Å². The Hall–Kier alpha value is -2.90. The number of ketones is 1. The lowest BCUT2D eigenvalue weighted by Crippen LogP contribution is -2.08. The molecule has 0 atom stereocenters. The predicted molar refractivity (Wildman–Crippen MR) is 132 cm³/mol. The largest absolute Gasteiger partial charge is 0.495 e. The lowest BCUT2D eigenvalue weighted by Gasteiger charge is -2.14. The highest BCUT2D eigenvalue weighted by Gasteiger charge is 2.21. The predicted octanol–water partition coefficient (Wildman–Crippen LogP) is 6.21. The highest BCUT2D eigenvalue weighted by atomic mass is 32.2. The van der Waals surface area contributed by atoms with Crippen molar-refractivity contribution in [1.29, 1.82) is 0 Å². The van der Waals surface area contributed by atoms with Gasteiger partial charge < -0.3 is 4.74 Å². The molecule has 0 saturated carbocycles. The first-order valence-corrected chi connectivity index (χ1v) is 12.1. The molecule has 0 aliphatic carbocycles. The zero-order chi connectivity index (χ0) is 22.8. The average molecular weight is 464 g/mol. The Morgan fingerprint density at radius 3 is 2.53 bits per heavy atom. The number of thiophene rings is 1. The van der Waals surface area contributed by atoms with Gasteiger partial charge in [-0.05, 0) is 79.6 Å². The Bertz CT molecular complexity index is 1280. The number of hydrogen-bond donors (Lipinski definition) is 0. The van der Waals surface area contributed by atoms with Crippen LogP contribution < -0.4 is 4.74 Å². The Balaban J connectivity index is 1.72. The number of hydrogen-bond acceptors (Lipinski definition) is 6. The molecule has 0 fully saturated rings. The van der Waals surface area contributed by atoms with Crippen LogP contribution in [0.2, 0.25) is 0 Å². The fourth-order valence-electron chi connectivity index (χ4n) is 3.59. The van der Waals surface area contributed by atoms with Crippen molar-refractivity contribution < 1.29 is 9.53 Å². The topological polar surface area (TPSA) is 57.0 Å². The third-order valence-corrected chi connectivity index (χ3v) is 7.22. The van der Waals surface area contributed by atoms with E-state index in [4.69, 9.17) is 4.74 Å². The van der Waals surface area contributed by atoms with Crippen LogP contribution in [-0.4, -0.2) is 33.4 Å². The van der Waals surface area contributed by atoms with Crippen molar-refractivity contribution >= 4 is 28.9 Å². The summed E-state index contributed by atoms with van der Waals surface area (Å²) in [6, 6.07) is 14.1. The summed E-state index contributed by atoms with van der Waals surface area (Å²) in [5.41, 5.74) is 6.04. The van der Waals surface area contributed by atoms with E-state index < -0.39 is 0 Å². The van der Waals surface area contributed by atoms with Crippen LogP contribution in [0.3, 0.4) is 0 Å². The number of ether oxygens (including phenoxy) is 1. The first-order valence-electron chi connectivity index (χ1n) is 10.3. The Kier molecular flexibility index (Phi) is 6.48. The minimum Gasteiger partial charge on any atom is -0.495 e. The van der Waals surface area contributed by atoms with Gasteiger partial charge in [0.05, 0.1) is 23.4 Å². The zero-order valence-corrected chi connectivity index (χ0v) is 20.4. The van der Waals surface area contributed by atoms with Crippen molar-refractivity contribution in [3.05, 3.63) is 75.7 Å². The van der Waals surface area contributed by atoms with E-state index >= 15 is 0 Å². The SMILES string of the molecule is COc1ccc(C)cc1-n1c(SCC(=O)c2cc(C)c(C)cc2C)nnc1-c1cccs1. The van der Waals surface area contributed by atoms with Gasteiger partial charge in [0.2, 0.25) is 0 Å². The molecular weight excluding hydrogens is 438 g/mol. The first-order chi connectivity index (χ1) is 15.4. The summed E-state index contributed by atoms with van der Waals surface area (Å²) in [4.78, 5) is 14.1. The monoisotopic (exact) mass is 463 g/mol. The Morgan fingerprint density at radius 1 is 1.03 bits per heavy atom. The molecule has 0 spiro atoms. The van der Waals surface area contributed by atoms with Crippen molar-refractivity contribution in [1.82, 2.24) is 14.8 Å². The molecule has 2 aromatic heterocycles. The van der Waals surface area contributed by atoms with Crippen molar-refractivity contribution in [2.24, 2.45) is 0 Å². The van der Waals surface area contributed by atoms with E-state index in [-0.39, 0.29) is 11.5 Å². The van der Waals surface area contributed by atoms with Crippen molar-refractivity contribution in [2.75, 3.05) is 12.9 Å². The van der Waals surface area contributed by atoms with Gasteiger partial charge in [0.15, 0.2) is 16.8 Å². The van der Waals surface area contributed by atoms with Crippen LogP contribution in [0.5, 0.6) is 5.75 Å². The lowest BCUT2D eigenvalue weighted by molar-refractivity contribution is 0.102. The van der Waals surface area contributed by atoms with Crippen LogP contribution in [0.15, 0.2) is 53.0 Å². The van der Waals surface area contributed by atoms with Gasteiger partial charge in [-0.3, -0.25) is 9.36 Å². The number of thioether (sulfide) groups is 1. The second kappa shape index (κ2) is 9.30. The number of carbonyl (C=O) groups excluding carboxylic acids is 1. The van der Waals surface area contributed by atoms with E-state index in [2.05, 4.69) is 29.3 Å². The van der Waals surface area contributed by atoms with Gasteiger partial charge in [-0.25, -0.2) is 0 Å². The number of rotatable bonds is 7. The summed E-state index contributed by atoms with van der Waals surface area (Å²) < 4.78 is 7.63. The number of carbonyl (C=O) groups is 1. The van der Waals surface area contributed by atoms with Gasteiger partial charge in [-0.15, -0.1) is 21.5 Å². The fraction of sp³-hybridized carbons (Fsp3) is 0.240. The lowest BCUT2D eigenvalue weighted by atomic mass is 9.99. The molecule has 0 N–H and O–H groups in total. The van der Waals surface area contributed by atoms with Crippen molar-refractivity contribution in [3.8, 4) is 22.1 Å². The second-order valence-corrected chi connectivity index (χ2v) is 9.65. The summed E-state index contributed by atoms with van der Waals surface area (Å²) in [5, 5.41) is 11.6. The van der Waals surface area contributed by atoms with Crippen LogP contribution in [-0.2, 0) is 0 Å². The first kappa shape index (κ1) is 22.3. The molecule has 32 heavy (non-hydrogen) atoms. The van der Waals surface area contributed by atoms with Gasteiger partial charge in [0.25, 0.3) is 0 Å². The third-order valence-electron chi connectivity index (χ3n) is 5.42. The van der Waals surface area contributed by atoms with E-state index in [0.29, 0.717) is 5.16 Å². The normalized spacial score (nSPS) is 11.0. The summed E-state index contributed by atoms with van der Waals surface area (Å²) in [6.45, 7) is 8.12. The molecule has 2 heterocycles. The summed E-state index contributed by atoms with van der Waals surface area (Å²) in [7, 11) is 1.65. The zero-order valence-electron chi connectivity index (χ0n) is 18.8. The smallest absolute Gasteiger partial charge is 0.196 e. The van der Waals surface area contributed by atoms with Gasteiger partial charge in [0.1, 0.15) is 5.75 Å². The summed E-state index contributed by atoms with van der Waals surface area (Å²) >= 11 is 3.00. The van der Waals surface area contributed by atoms with Crippen LogP contribution in [0.4, 0.5) is 0 Å². The van der Waals surface area contributed by atoms with Gasteiger partial charge in [-0.1, -0.05) is 30.0 Å². The molecule has 0 unspecified atom stereocenters. The highest BCUT2D eigenvalue weighted by molar-refractivity contribution is 7.99. The van der Waals surface area contributed by atoms with Gasteiger partial charge in [-0.2, -0.15) is 0 Å². The number of methoxy groups -OCH3 is 1. The standard InChI is InChI=1S/C25H25N3O2S2/c1-15-8-9-22(30-5)20(11-15)28-24(23-7-6-10-31-23)26-27-25(28)32-14-21(29)19-13-17(3)16(2)12-18(19)4/h6-13H,14H2,1-5H3. The average Bonchev–Trinajstić information content (AvgIpc) is 3.44. The molecule has 0 bridgehead atoms. The van der Waals surface area contributed by atoms with Crippen molar-refractivity contribution in [2.45, 2.75) is 32.9 Å². The van der Waals surface area contributed by atoms with Gasteiger partial charge in [0, 0.05) is 5.56 Å². The van der Waals surface area contributed by atoms with Crippen molar-refractivity contribution in [3.63, 3.8) is 0 Å². The maximum Gasteiger partial charge on any atom is 0.196 e. The van der Waals surface area contributed by atoms with Crippen LogP contribution in [0.1, 0.15) is 32.6 Å². The minimum atomic E-state index is 0.0824. The van der Waals surface area contributed by atoms with Gasteiger partial charge >= 0.3 is 0 Å².